The van der Waals surface area contributed by atoms with Gasteiger partial charge in [-0.3, -0.25) is 0 Å². The van der Waals surface area contributed by atoms with Gasteiger partial charge in [-0.1, -0.05) is 23.8 Å². The number of aromatic nitrogens is 3. The van der Waals surface area contributed by atoms with Crippen LogP contribution in [0.5, 0.6) is 0 Å². The smallest absolute Gasteiger partial charge is 0.228 e. The number of rotatable bonds is 2. The van der Waals surface area contributed by atoms with Crippen LogP contribution in [-0.2, 0) is 0 Å². The van der Waals surface area contributed by atoms with E-state index in [1.54, 1.807) is 6.07 Å². The molecule has 2 aromatic rings. The van der Waals surface area contributed by atoms with E-state index >= 15 is 0 Å². The van der Waals surface area contributed by atoms with Gasteiger partial charge < -0.3 is 0 Å². The normalized spacial score (nSPS) is 12.2. The molecule has 1 aromatic heterocycles. The van der Waals surface area contributed by atoms with Crippen LogP contribution in [0.3, 0.4) is 0 Å². The van der Waals surface area contributed by atoms with Gasteiger partial charge in [0.15, 0.2) is 5.82 Å². The number of hydrogen-bond donors (Lipinski definition) is 0. The maximum atomic E-state index is 12.0. The molecular formula is C12H10F3N3. The molecule has 0 bridgehead atoms. The monoisotopic (exact) mass is 253 g/mol. The number of aryl methyl sites for hydroxylation is 1. The van der Waals surface area contributed by atoms with E-state index in [2.05, 4.69) is 10.1 Å². The van der Waals surface area contributed by atoms with E-state index in [-0.39, 0.29) is 6.08 Å². The first-order valence-corrected chi connectivity index (χ1v) is 5.18. The van der Waals surface area contributed by atoms with Crippen molar-refractivity contribution in [3.63, 3.8) is 0 Å². The van der Waals surface area contributed by atoms with Gasteiger partial charge in [-0.2, -0.15) is 13.2 Å². The van der Waals surface area contributed by atoms with Gasteiger partial charge in [0.05, 0.1) is 0 Å². The molecule has 1 heterocycles. The molecule has 1 aromatic carbocycles. The van der Waals surface area contributed by atoms with Gasteiger partial charge in [0, 0.05) is 17.8 Å². The lowest BCUT2D eigenvalue weighted by Crippen LogP contribution is -2.01. The molecule has 3 nitrogen and oxygen atoms in total. The average molecular weight is 253 g/mol. The third-order valence-electron chi connectivity index (χ3n) is 2.20. The van der Waals surface area contributed by atoms with Gasteiger partial charge in [0.2, 0.25) is 0 Å². The summed E-state index contributed by atoms with van der Waals surface area (Å²) in [5, 5.41) is 3.94. The van der Waals surface area contributed by atoms with Gasteiger partial charge in [-0.25, -0.2) is 9.67 Å². The van der Waals surface area contributed by atoms with Gasteiger partial charge in [-0.05, 0) is 13.0 Å². The van der Waals surface area contributed by atoms with Crippen molar-refractivity contribution in [2.75, 3.05) is 0 Å². The van der Waals surface area contributed by atoms with E-state index in [1.165, 1.54) is 6.33 Å². The average Bonchev–Trinajstić information content (AvgIpc) is 2.74. The molecule has 94 valence electrons. The lowest BCUT2D eigenvalue weighted by molar-refractivity contribution is -0.0792. The first-order chi connectivity index (χ1) is 8.44. The van der Waals surface area contributed by atoms with E-state index in [4.69, 9.17) is 0 Å². The molecule has 0 saturated carbocycles. The second kappa shape index (κ2) is 4.64. The summed E-state index contributed by atoms with van der Waals surface area (Å²) < 4.78 is 37.0. The third-order valence-corrected chi connectivity index (χ3v) is 2.20. The maximum Gasteiger partial charge on any atom is 0.411 e. The first kappa shape index (κ1) is 12.3. The maximum absolute atomic E-state index is 12.0. The second-order valence-corrected chi connectivity index (χ2v) is 3.78. The zero-order chi connectivity index (χ0) is 13.2. The molecule has 0 unspecified atom stereocenters. The largest absolute Gasteiger partial charge is 0.411 e. The summed E-state index contributed by atoms with van der Waals surface area (Å²) in [6, 6.07) is 7.44. The van der Waals surface area contributed by atoms with Crippen molar-refractivity contribution >= 4 is 6.20 Å². The Morgan fingerprint density at radius 2 is 2.06 bits per heavy atom. The summed E-state index contributed by atoms with van der Waals surface area (Å²) in [6.07, 6.45) is -2.18. The zero-order valence-electron chi connectivity index (χ0n) is 9.52. The Hall–Kier alpha value is -2.11. The topological polar surface area (TPSA) is 30.7 Å². The van der Waals surface area contributed by atoms with Crippen LogP contribution in [0.2, 0.25) is 0 Å². The highest BCUT2D eigenvalue weighted by Gasteiger charge is 2.22. The van der Waals surface area contributed by atoms with Crippen molar-refractivity contribution in [2.45, 2.75) is 13.1 Å². The van der Waals surface area contributed by atoms with Crippen LogP contribution in [0.1, 0.15) is 5.56 Å². The quantitative estimate of drug-likeness (QED) is 0.822. The number of alkyl halides is 3. The Labute approximate surface area is 102 Å². The summed E-state index contributed by atoms with van der Waals surface area (Å²) in [6.45, 7) is 1.92. The fourth-order valence-electron chi connectivity index (χ4n) is 1.42. The lowest BCUT2D eigenvalue weighted by Gasteiger charge is -1.97. The highest BCUT2D eigenvalue weighted by molar-refractivity contribution is 5.55. The SMILES string of the molecule is Cc1cccc(-c2ncn(C=CC(F)(F)F)n2)c1. The molecule has 0 N–H and O–H groups in total. The van der Waals surface area contributed by atoms with E-state index in [0.29, 0.717) is 5.82 Å². The molecule has 0 saturated heterocycles. The standard InChI is InChI=1S/C12H10F3N3/c1-9-3-2-4-10(7-9)11-16-8-18(17-11)6-5-12(13,14)15/h2-8H,1H3. The molecule has 2 rings (SSSR count). The van der Waals surface area contributed by atoms with Gasteiger partial charge in [0.1, 0.15) is 6.33 Å². The summed E-state index contributed by atoms with van der Waals surface area (Å²) in [7, 11) is 0. The Kier molecular flexibility index (Phi) is 3.18. The molecule has 6 heteroatoms. The minimum atomic E-state index is -4.35. The molecule has 0 fully saturated rings. The summed E-state index contributed by atoms with van der Waals surface area (Å²) in [5.74, 6) is 0.394. The van der Waals surface area contributed by atoms with Crippen LogP contribution < -0.4 is 0 Å². The van der Waals surface area contributed by atoms with Crippen LogP contribution in [0.4, 0.5) is 13.2 Å². The van der Waals surface area contributed by atoms with Crippen molar-refractivity contribution in [2.24, 2.45) is 0 Å². The van der Waals surface area contributed by atoms with Crippen LogP contribution >= 0.6 is 0 Å². The van der Waals surface area contributed by atoms with E-state index in [0.717, 1.165) is 22.0 Å². The highest BCUT2D eigenvalue weighted by Crippen LogP contribution is 2.18. The van der Waals surface area contributed by atoms with E-state index < -0.39 is 6.18 Å². The predicted octanol–water partition coefficient (Wildman–Crippen LogP) is 3.29. The van der Waals surface area contributed by atoms with E-state index in [9.17, 15) is 13.2 Å². The fraction of sp³-hybridized carbons (Fsp3) is 0.167. The van der Waals surface area contributed by atoms with Gasteiger partial charge in [-0.15, -0.1) is 5.10 Å². The molecule has 0 aliphatic rings. The first-order valence-electron chi connectivity index (χ1n) is 5.18. The van der Waals surface area contributed by atoms with Crippen molar-refractivity contribution in [3.05, 3.63) is 42.2 Å². The van der Waals surface area contributed by atoms with Crippen molar-refractivity contribution < 1.29 is 13.2 Å². The predicted molar refractivity (Wildman–Crippen MR) is 61.6 cm³/mol. The number of halogens is 3. The van der Waals surface area contributed by atoms with Gasteiger partial charge in [0.25, 0.3) is 0 Å². The van der Waals surface area contributed by atoms with E-state index in [1.807, 2.05) is 25.1 Å². The Balaban J connectivity index is 2.23. The van der Waals surface area contributed by atoms with Crippen LogP contribution in [0, 0.1) is 6.92 Å². The third kappa shape index (κ3) is 3.19. The van der Waals surface area contributed by atoms with Gasteiger partial charge >= 0.3 is 6.18 Å². The second-order valence-electron chi connectivity index (χ2n) is 3.78. The number of benzene rings is 1. The Bertz CT molecular complexity index is 570. The number of allylic oxidation sites excluding steroid dienone is 1. The van der Waals surface area contributed by atoms with Crippen LogP contribution in [0.15, 0.2) is 36.7 Å². The van der Waals surface area contributed by atoms with Crippen LogP contribution in [-0.4, -0.2) is 20.9 Å². The molecule has 18 heavy (non-hydrogen) atoms. The Morgan fingerprint density at radius 3 is 2.72 bits per heavy atom. The molecule has 0 aliphatic carbocycles. The minimum Gasteiger partial charge on any atom is -0.228 e. The Morgan fingerprint density at radius 1 is 1.28 bits per heavy atom. The highest BCUT2D eigenvalue weighted by atomic mass is 19.4. The molecule has 0 atom stereocenters. The number of hydrogen-bond acceptors (Lipinski definition) is 2. The van der Waals surface area contributed by atoms with Crippen molar-refractivity contribution in [1.82, 2.24) is 14.8 Å². The number of nitrogens with zero attached hydrogens (tertiary/aromatic N) is 3. The molecule has 0 radical (unpaired) electrons. The molecule has 0 aliphatic heterocycles. The van der Waals surface area contributed by atoms with Crippen molar-refractivity contribution in [3.8, 4) is 11.4 Å². The zero-order valence-corrected chi connectivity index (χ0v) is 9.52. The molecular weight excluding hydrogens is 243 g/mol. The van der Waals surface area contributed by atoms with Crippen LogP contribution in [0.25, 0.3) is 17.6 Å². The summed E-state index contributed by atoms with van der Waals surface area (Å²) in [5.41, 5.74) is 1.81. The molecule has 0 spiro atoms. The van der Waals surface area contributed by atoms with Crippen molar-refractivity contribution in [1.29, 1.82) is 0 Å². The minimum absolute atomic E-state index is 0.113. The molecule has 0 amide bonds. The lowest BCUT2D eigenvalue weighted by atomic mass is 10.1. The fourth-order valence-corrected chi connectivity index (χ4v) is 1.42. The summed E-state index contributed by atoms with van der Waals surface area (Å²) in [4.78, 5) is 3.96. The summed E-state index contributed by atoms with van der Waals surface area (Å²) >= 11 is 0.